The number of amides is 2. The van der Waals surface area contributed by atoms with E-state index in [-0.39, 0.29) is 11.8 Å². The first kappa shape index (κ1) is 19.3. The van der Waals surface area contributed by atoms with Crippen molar-refractivity contribution in [2.75, 3.05) is 19.0 Å². The molecule has 2 N–H and O–H groups in total. The van der Waals surface area contributed by atoms with Crippen molar-refractivity contribution in [1.82, 2.24) is 5.32 Å². The number of nitrogens with one attached hydrogen (secondary N) is 2. The van der Waals surface area contributed by atoms with Gasteiger partial charge in [0.05, 0.1) is 18.4 Å². The van der Waals surface area contributed by atoms with Crippen molar-refractivity contribution in [3.63, 3.8) is 0 Å². The summed E-state index contributed by atoms with van der Waals surface area (Å²) in [7, 11) is 1.58. The van der Waals surface area contributed by atoms with Crippen LogP contribution in [0, 0.1) is 0 Å². The molecule has 2 amide bonds. The Bertz CT molecular complexity index is 744. The molecule has 0 aromatic heterocycles. The van der Waals surface area contributed by atoms with Crippen molar-refractivity contribution >= 4 is 17.5 Å². The van der Waals surface area contributed by atoms with Crippen LogP contribution >= 0.6 is 0 Å². The number of carbonyl (C=O) groups excluding carboxylic acids is 2. The fraction of sp³-hybridized carbons (Fsp3) is 0.300. The fourth-order valence-electron chi connectivity index (χ4n) is 2.27. The molecule has 0 spiro atoms. The summed E-state index contributed by atoms with van der Waals surface area (Å²) in [5.41, 5.74) is 0.877. The van der Waals surface area contributed by atoms with Gasteiger partial charge in [-0.25, -0.2) is 0 Å². The summed E-state index contributed by atoms with van der Waals surface area (Å²) in [5.74, 6) is 0.715. The zero-order chi connectivity index (χ0) is 18.9. The summed E-state index contributed by atoms with van der Waals surface area (Å²) in [6.07, 6.45) is 0.114. The second-order valence-corrected chi connectivity index (χ2v) is 5.73. The van der Waals surface area contributed by atoms with Crippen LogP contribution < -0.4 is 20.1 Å². The number of para-hydroxylation sites is 1. The zero-order valence-electron chi connectivity index (χ0n) is 15.2. The van der Waals surface area contributed by atoms with E-state index in [4.69, 9.17) is 9.47 Å². The monoisotopic (exact) mass is 356 g/mol. The van der Waals surface area contributed by atoms with E-state index in [0.717, 1.165) is 6.42 Å². The molecule has 0 aliphatic carbocycles. The Hall–Kier alpha value is -3.02. The van der Waals surface area contributed by atoms with Gasteiger partial charge in [0.2, 0.25) is 0 Å². The maximum Gasteiger partial charge on any atom is 0.265 e. The molecule has 2 aromatic carbocycles. The Morgan fingerprint density at radius 3 is 2.35 bits per heavy atom. The van der Waals surface area contributed by atoms with Crippen molar-refractivity contribution in [3.05, 3.63) is 54.1 Å². The lowest BCUT2D eigenvalue weighted by molar-refractivity contribution is -0.122. The molecule has 0 saturated heterocycles. The standard InChI is InChI=1S/C20H24N2O4/c1-4-13-21-20(24)17-7-5-6-8-18(17)22-19(23)14(2)26-16-11-9-15(25-3)10-12-16/h5-12,14H,4,13H2,1-3H3,(H,21,24)(H,22,23). The van der Waals surface area contributed by atoms with Crippen LogP contribution in [0.25, 0.3) is 0 Å². The van der Waals surface area contributed by atoms with Gasteiger partial charge in [0.25, 0.3) is 11.8 Å². The maximum atomic E-state index is 12.4. The highest BCUT2D eigenvalue weighted by atomic mass is 16.5. The van der Waals surface area contributed by atoms with Crippen LogP contribution in [0.15, 0.2) is 48.5 Å². The van der Waals surface area contributed by atoms with Gasteiger partial charge < -0.3 is 20.1 Å². The van der Waals surface area contributed by atoms with Crippen LogP contribution in [-0.2, 0) is 4.79 Å². The van der Waals surface area contributed by atoms with E-state index in [2.05, 4.69) is 10.6 Å². The van der Waals surface area contributed by atoms with Crippen molar-refractivity contribution in [3.8, 4) is 11.5 Å². The van der Waals surface area contributed by atoms with Gasteiger partial charge in [-0.15, -0.1) is 0 Å². The minimum atomic E-state index is -0.727. The zero-order valence-corrected chi connectivity index (χ0v) is 15.2. The molecule has 1 unspecified atom stereocenters. The molecular weight excluding hydrogens is 332 g/mol. The van der Waals surface area contributed by atoms with E-state index in [1.165, 1.54) is 0 Å². The molecule has 0 fully saturated rings. The highest BCUT2D eigenvalue weighted by Gasteiger charge is 2.18. The highest BCUT2D eigenvalue weighted by molar-refractivity contribution is 6.04. The Balaban J connectivity index is 2.03. The van der Waals surface area contributed by atoms with Crippen LogP contribution in [0.4, 0.5) is 5.69 Å². The van der Waals surface area contributed by atoms with Crippen LogP contribution in [0.3, 0.4) is 0 Å². The normalized spacial score (nSPS) is 11.3. The number of methoxy groups -OCH3 is 1. The van der Waals surface area contributed by atoms with Crippen LogP contribution in [0.5, 0.6) is 11.5 Å². The molecular formula is C20H24N2O4. The maximum absolute atomic E-state index is 12.4. The van der Waals surface area contributed by atoms with Crippen molar-refractivity contribution in [1.29, 1.82) is 0 Å². The minimum absolute atomic E-state index is 0.216. The third kappa shape index (κ3) is 5.24. The van der Waals surface area contributed by atoms with Gasteiger partial charge in [-0.05, 0) is 49.7 Å². The first-order chi connectivity index (χ1) is 12.5. The smallest absolute Gasteiger partial charge is 0.265 e. The molecule has 26 heavy (non-hydrogen) atoms. The van der Waals surface area contributed by atoms with E-state index < -0.39 is 6.10 Å². The number of rotatable bonds is 8. The Morgan fingerprint density at radius 1 is 1.04 bits per heavy atom. The van der Waals surface area contributed by atoms with E-state index >= 15 is 0 Å². The van der Waals surface area contributed by atoms with Gasteiger partial charge in [-0.2, -0.15) is 0 Å². The summed E-state index contributed by atoms with van der Waals surface area (Å²) < 4.78 is 10.7. The molecule has 138 valence electrons. The number of hydrogen-bond donors (Lipinski definition) is 2. The van der Waals surface area contributed by atoms with Crippen LogP contribution in [-0.4, -0.2) is 31.6 Å². The minimum Gasteiger partial charge on any atom is -0.497 e. The number of ether oxygens (including phenoxy) is 2. The molecule has 6 nitrogen and oxygen atoms in total. The SMILES string of the molecule is CCCNC(=O)c1ccccc1NC(=O)C(C)Oc1ccc(OC)cc1. The number of hydrogen-bond acceptors (Lipinski definition) is 4. The largest absolute Gasteiger partial charge is 0.497 e. The third-order valence-corrected chi connectivity index (χ3v) is 3.71. The van der Waals surface area contributed by atoms with Crippen molar-refractivity contribution in [2.24, 2.45) is 0 Å². The lowest BCUT2D eigenvalue weighted by atomic mass is 10.1. The summed E-state index contributed by atoms with van der Waals surface area (Å²) in [6, 6.07) is 13.9. The lowest BCUT2D eigenvalue weighted by Gasteiger charge is -2.16. The average molecular weight is 356 g/mol. The van der Waals surface area contributed by atoms with E-state index in [0.29, 0.717) is 29.3 Å². The molecule has 2 rings (SSSR count). The molecule has 6 heteroatoms. The molecule has 0 aliphatic heterocycles. The molecule has 1 atom stereocenters. The van der Waals surface area contributed by atoms with Gasteiger partial charge in [0.15, 0.2) is 6.10 Å². The molecule has 2 aromatic rings. The van der Waals surface area contributed by atoms with Gasteiger partial charge in [0, 0.05) is 6.54 Å². The molecule has 0 heterocycles. The van der Waals surface area contributed by atoms with Crippen molar-refractivity contribution < 1.29 is 19.1 Å². The summed E-state index contributed by atoms with van der Waals surface area (Å²) >= 11 is 0. The highest BCUT2D eigenvalue weighted by Crippen LogP contribution is 2.19. The Morgan fingerprint density at radius 2 is 1.69 bits per heavy atom. The third-order valence-electron chi connectivity index (χ3n) is 3.71. The Kier molecular flexibility index (Phi) is 7.02. The summed E-state index contributed by atoms with van der Waals surface area (Å²) in [4.78, 5) is 24.7. The Labute approximate surface area is 153 Å². The lowest BCUT2D eigenvalue weighted by Crippen LogP contribution is -2.31. The summed E-state index contributed by atoms with van der Waals surface area (Å²) in [5, 5.41) is 5.57. The second kappa shape index (κ2) is 9.46. The van der Waals surface area contributed by atoms with Gasteiger partial charge in [-0.1, -0.05) is 19.1 Å². The topological polar surface area (TPSA) is 76.7 Å². The number of anilines is 1. The van der Waals surface area contributed by atoms with E-state index in [9.17, 15) is 9.59 Å². The predicted octanol–water partition coefficient (Wildman–Crippen LogP) is 3.24. The summed E-state index contributed by atoms with van der Waals surface area (Å²) in [6.45, 7) is 4.21. The quantitative estimate of drug-likeness (QED) is 0.761. The van der Waals surface area contributed by atoms with Gasteiger partial charge in [0.1, 0.15) is 11.5 Å². The van der Waals surface area contributed by atoms with Crippen LogP contribution in [0.1, 0.15) is 30.6 Å². The number of carbonyl (C=O) groups is 2. The predicted molar refractivity (Wildman–Crippen MR) is 101 cm³/mol. The van der Waals surface area contributed by atoms with Crippen molar-refractivity contribution in [2.45, 2.75) is 26.4 Å². The second-order valence-electron chi connectivity index (χ2n) is 5.73. The first-order valence-corrected chi connectivity index (χ1v) is 8.54. The van der Waals surface area contributed by atoms with E-state index in [1.807, 2.05) is 6.92 Å². The molecule has 0 aliphatic rings. The molecule has 0 saturated carbocycles. The average Bonchev–Trinajstić information content (AvgIpc) is 2.67. The van der Waals surface area contributed by atoms with Gasteiger partial charge >= 0.3 is 0 Å². The van der Waals surface area contributed by atoms with E-state index in [1.54, 1.807) is 62.6 Å². The molecule has 0 bridgehead atoms. The fourth-order valence-corrected chi connectivity index (χ4v) is 2.27. The van der Waals surface area contributed by atoms with Gasteiger partial charge in [-0.3, -0.25) is 9.59 Å². The first-order valence-electron chi connectivity index (χ1n) is 8.54. The molecule has 0 radical (unpaired) electrons. The number of benzene rings is 2. The van der Waals surface area contributed by atoms with Crippen LogP contribution in [0.2, 0.25) is 0 Å².